The van der Waals surface area contributed by atoms with E-state index in [0.717, 1.165) is 0 Å². The SMILES string of the molecule is C=C(C)C(=O)OCCP(C)(=O)O. The Bertz CT molecular complexity index is 228. The van der Waals surface area contributed by atoms with Crippen LogP contribution in [0, 0.1) is 0 Å². The normalized spacial score (nSPS) is 14.9. The highest BCUT2D eigenvalue weighted by molar-refractivity contribution is 7.57. The van der Waals surface area contributed by atoms with Crippen molar-refractivity contribution in [3.05, 3.63) is 12.2 Å². The van der Waals surface area contributed by atoms with E-state index in [-0.39, 0.29) is 12.8 Å². The standard InChI is InChI=1S/C7H13O4P/c1-6(2)7(8)11-4-5-12(3,9)10/h1,4-5H2,2-3H3,(H,9,10). The molecule has 0 radical (unpaired) electrons. The molecule has 0 fully saturated rings. The topological polar surface area (TPSA) is 63.6 Å². The zero-order chi connectivity index (χ0) is 9.78. The van der Waals surface area contributed by atoms with Gasteiger partial charge in [0.15, 0.2) is 0 Å². The van der Waals surface area contributed by atoms with E-state index in [1.165, 1.54) is 13.6 Å². The van der Waals surface area contributed by atoms with Crippen LogP contribution in [0.25, 0.3) is 0 Å². The minimum Gasteiger partial charge on any atom is -0.462 e. The van der Waals surface area contributed by atoms with E-state index in [1.54, 1.807) is 0 Å². The van der Waals surface area contributed by atoms with Crippen LogP contribution in [-0.2, 0) is 14.1 Å². The van der Waals surface area contributed by atoms with E-state index in [9.17, 15) is 9.36 Å². The van der Waals surface area contributed by atoms with Crippen LogP contribution in [0.5, 0.6) is 0 Å². The van der Waals surface area contributed by atoms with Crippen LogP contribution in [0.1, 0.15) is 6.92 Å². The number of carbonyl (C=O) groups is 1. The van der Waals surface area contributed by atoms with Gasteiger partial charge >= 0.3 is 5.97 Å². The maximum atomic E-state index is 10.7. The fourth-order valence-corrected chi connectivity index (χ4v) is 0.861. The molecule has 0 aliphatic heterocycles. The molecule has 0 saturated carbocycles. The van der Waals surface area contributed by atoms with Crippen molar-refractivity contribution in [2.75, 3.05) is 19.4 Å². The molecule has 1 N–H and O–H groups in total. The number of ether oxygens (including phenoxy) is 1. The molecule has 0 aliphatic rings. The average Bonchev–Trinajstić information content (AvgIpc) is 1.84. The van der Waals surface area contributed by atoms with Gasteiger partial charge in [-0.1, -0.05) is 6.58 Å². The van der Waals surface area contributed by atoms with Crippen molar-refractivity contribution >= 4 is 13.3 Å². The van der Waals surface area contributed by atoms with Gasteiger partial charge in [-0.2, -0.15) is 0 Å². The van der Waals surface area contributed by atoms with Crippen molar-refractivity contribution in [1.29, 1.82) is 0 Å². The van der Waals surface area contributed by atoms with Crippen molar-refractivity contribution in [3.8, 4) is 0 Å². The predicted molar refractivity (Wildman–Crippen MR) is 46.4 cm³/mol. The maximum absolute atomic E-state index is 10.7. The quantitative estimate of drug-likeness (QED) is 0.410. The van der Waals surface area contributed by atoms with Gasteiger partial charge < -0.3 is 9.63 Å². The lowest BCUT2D eigenvalue weighted by molar-refractivity contribution is -0.138. The number of rotatable bonds is 4. The van der Waals surface area contributed by atoms with Crippen LogP contribution in [0.15, 0.2) is 12.2 Å². The first-order valence-corrected chi connectivity index (χ1v) is 5.74. The largest absolute Gasteiger partial charge is 0.462 e. The van der Waals surface area contributed by atoms with E-state index in [2.05, 4.69) is 11.3 Å². The molecular weight excluding hydrogens is 179 g/mol. The molecule has 0 aromatic rings. The summed E-state index contributed by atoms with van der Waals surface area (Å²) in [5.41, 5.74) is 0.291. The third-order valence-electron chi connectivity index (χ3n) is 1.09. The van der Waals surface area contributed by atoms with Gasteiger partial charge in [0.05, 0.1) is 6.16 Å². The summed E-state index contributed by atoms with van der Waals surface area (Å²) in [6.45, 7) is 6.08. The molecule has 1 unspecified atom stereocenters. The molecule has 0 rings (SSSR count). The van der Waals surface area contributed by atoms with Crippen LogP contribution < -0.4 is 0 Å². The molecule has 0 aromatic heterocycles. The molecule has 0 aromatic carbocycles. The summed E-state index contributed by atoms with van der Waals surface area (Å²) < 4.78 is 15.3. The molecule has 0 aliphatic carbocycles. The fourth-order valence-electron chi connectivity index (χ4n) is 0.431. The number of hydrogen-bond acceptors (Lipinski definition) is 3. The van der Waals surface area contributed by atoms with Gasteiger partial charge in [0, 0.05) is 12.2 Å². The smallest absolute Gasteiger partial charge is 0.333 e. The first kappa shape index (κ1) is 11.4. The molecule has 5 heteroatoms. The van der Waals surface area contributed by atoms with Crippen molar-refractivity contribution in [2.45, 2.75) is 6.92 Å². The third-order valence-corrected chi connectivity index (χ3v) is 2.10. The molecule has 0 spiro atoms. The average molecular weight is 192 g/mol. The lowest BCUT2D eigenvalue weighted by Gasteiger charge is -2.05. The Morgan fingerprint density at radius 1 is 1.67 bits per heavy atom. The van der Waals surface area contributed by atoms with Gasteiger partial charge in [0.2, 0.25) is 7.37 Å². The summed E-state index contributed by atoms with van der Waals surface area (Å²) >= 11 is 0. The second-order valence-electron chi connectivity index (χ2n) is 2.69. The summed E-state index contributed by atoms with van der Waals surface area (Å²) in [6.07, 6.45) is -0.00792. The zero-order valence-corrected chi connectivity index (χ0v) is 8.13. The van der Waals surface area contributed by atoms with Crippen molar-refractivity contribution in [2.24, 2.45) is 0 Å². The predicted octanol–water partition coefficient (Wildman–Crippen LogP) is 1.01. The Morgan fingerprint density at radius 3 is 2.50 bits per heavy atom. The Labute approximate surface area is 71.7 Å². The van der Waals surface area contributed by atoms with Crippen molar-refractivity contribution in [1.82, 2.24) is 0 Å². The molecule has 12 heavy (non-hydrogen) atoms. The van der Waals surface area contributed by atoms with Gasteiger partial charge in [-0.25, -0.2) is 4.79 Å². The lowest BCUT2D eigenvalue weighted by atomic mass is 10.4. The minimum atomic E-state index is -3.06. The van der Waals surface area contributed by atoms with E-state index >= 15 is 0 Å². The monoisotopic (exact) mass is 192 g/mol. The van der Waals surface area contributed by atoms with Gasteiger partial charge in [0.25, 0.3) is 0 Å². The number of hydrogen-bond donors (Lipinski definition) is 1. The summed E-state index contributed by atoms with van der Waals surface area (Å²) in [4.78, 5) is 19.5. The first-order chi connectivity index (χ1) is 5.33. The molecular formula is C7H13O4P. The maximum Gasteiger partial charge on any atom is 0.333 e. The molecule has 0 amide bonds. The first-order valence-electron chi connectivity index (χ1n) is 3.45. The summed E-state index contributed by atoms with van der Waals surface area (Å²) in [5, 5.41) is 0. The molecule has 4 nitrogen and oxygen atoms in total. The van der Waals surface area contributed by atoms with E-state index in [1.807, 2.05) is 0 Å². The van der Waals surface area contributed by atoms with Crippen LogP contribution >= 0.6 is 7.37 Å². The molecule has 0 bridgehead atoms. The Kier molecular flexibility index (Phi) is 4.21. The number of esters is 1. The van der Waals surface area contributed by atoms with Crippen LogP contribution in [0.4, 0.5) is 0 Å². The molecule has 70 valence electrons. The van der Waals surface area contributed by atoms with Crippen LogP contribution in [-0.4, -0.2) is 30.3 Å². The highest BCUT2D eigenvalue weighted by atomic mass is 31.2. The Balaban J connectivity index is 3.65. The molecule has 0 saturated heterocycles. The van der Waals surface area contributed by atoms with E-state index < -0.39 is 13.3 Å². The highest BCUT2D eigenvalue weighted by Gasteiger charge is 2.11. The summed E-state index contributed by atoms with van der Waals surface area (Å²) in [7, 11) is -3.06. The fraction of sp³-hybridized carbons (Fsp3) is 0.571. The minimum absolute atomic E-state index is 0.00792. The van der Waals surface area contributed by atoms with Gasteiger partial charge in [-0.3, -0.25) is 4.57 Å². The zero-order valence-electron chi connectivity index (χ0n) is 7.24. The van der Waals surface area contributed by atoms with E-state index in [0.29, 0.717) is 5.57 Å². The number of carbonyl (C=O) groups excluding carboxylic acids is 1. The molecule has 0 heterocycles. The van der Waals surface area contributed by atoms with Gasteiger partial charge in [-0.15, -0.1) is 0 Å². The van der Waals surface area contributed by atoms with Crippen molar-refractivity contribution < 1.29 is 19.0 Å². The lowest BCUT2D eigenvalue weighted by Crippen LogP contribution is -2.08. The molecule has 1 atom stereocenters. The Hall–Kier alpha value is -0.600. The van der Waals surface area contributed by atoms with Gasteiger partial charge in [0.1, 0.15) is 6.61 Å². The van der Waals surface area contributed by atoms with E-state index in [4.69, 9.17) is 4.89 Å². The van der Waals surface area contributed by atoms with Crippen molar-refractivity contribution in [3.63, 3.8) is 0 Å². The third kappa shape index (κ3) is 6.13. The summed E-state index contributed by atoms with van der Waals surface area (Å²) in [6, 6.07) is 0. The summed E-state index contributed by atoms with van der Waals surface area (Å²) in [5.74, 6) is -0.525. The second-order valence-corrected chi connectivity index (χ2v) is 5.24. The highest BCUT2D eigenvalue weighted by Crippen LogP contribution is 2.34. The van der Waals surface area contributed by atoms with Crippen LogP contribution in [0.2, 0.25) is 0 Å². The second kappa shape index (κ2) is 4.43. The van der Waals surface area contributed by atoms with Crippen LogP contribution in [0.3, 0.4) is 0 Å². The van der Waals surface area contributed by atoms with Gasteiger partial charge in [-0.05, 0) is 6.92 Å². The Morgan fingerprint density at radius 2 is 2.17 bits per heavy atom.